The molecule has 0 bridgehead atoms. The first-order chi connectivity index (χ1) is 7.82. The van der Waals surface area contributed by atoms with Gasteiger partial charge in [0.05, 0.1) is 5.56 Å². The highest BCUT2D eigenvalue weighted by Gasteiger charge is 2.31. The van der Waals surface area contributed by atoms with Gasteiger partial charge >= 0.3 is 6.18 Å². The van der Waals surface area contributed by atoms with Gasteiger partial charge in [-0.1, -0.05) is 22.9 Å². The molecule has 6 heteroatoms. The number of hydrogen-bond donors (Lipinski definition) is 2. The Hall–Kier alpha value is -0.750. The second kappa shape index (κ2) is 5.73. The largest absolute Gasteiger partial charge is 0.416 e. The summed E-state index contributed by atoms with van der Waals surface area (Å²) in [6, 6.07) is 3.65. The quantitative estimate of drug-likeness (QED) is 0.892. The second-order valence-corrected chi connectivity index (χ2v) is 4.81. The van der Waals surface area contributed by atoms with E-state index in [2.05, 4.69) is 21.2 Å². The number of benzene rings is 1. The van der Waals surface area contributed by atoms with E-state index in [4.69, 9.17) is 5.11 Å². The van der Waals surface area contributed by atoms with Crippen LogP contribution in [0.2, 0.25) is 0 Å². The molecule has 0 aromatic heterocycles. The number of rotatable bonds is 4. The van der Waals surface area contributed by atoms with Crippen LogP contribution in [0.4, 0.5) is 18.9 Å². The molecule has 1 aromatic rings. The molecular weight excluding hydrogens is 299 g/mol. The van der Waals surface area contributed by atoms with Crippen molar-refractivity contribution >= 4 is 21.6 Å². The fourth-order valence-corrected chi connectivity index (χ4v) is 1.71. The summed E-state index contributed by atoms with van der Waals surface area (Å²) >= 11 is 3.04. The molecule has 1 atom stereocenters. The number of nitrogens with one attached hydrogen (secondary N) is 1. The molecule has 1 rings (SSSR count). The van der Waals surface area contributed by atoms with Crippen molar-refractivity contribution < 1.29 is 18.3 Å². The van der Waals surface area contributed by atoms with Crippen LogP contribution in [0.25, 0.3) is 0 Å². The van der Waals surface area contributed by atoms with Crippen LogP contribution in [0.3, 0.4) is 0 Å². The summed E-state index contributed by atoms with van der Waals surface area (Å²) in [4.78, 5) is 0. The Morgan fingerprint density at radius 2 is 2.00 bits per heavy atom. The SMILES string of the molecule is CC(CO)CNc1cc(Br)cc(C(F)(F)F)c1. The Morgan fingerprint density at radius 1 is 1.35 bits per heavy atom. The average Bonchev–Trinajstić information content (AvgIpc) is 2.24. The van der Waals surface area contributed by atoms with Crippen LogP contribution in [-0.2, 0) is 6.18 Å². The van der Waals surface area contributed by atoms with Gasteiger partial charge in [-0.2, -0.15) is 13.2 Å². The molecular formula is C11H13BrF3NO. The lowest BCUT2D eigenvalue weighted by Crippen LogP contribution is -2.15. The van der Waals surface area contributed by atoms with Crippen LogP contribution >= 0.6 is 15.9 Å². The van der Waals surface area contributed by atoms with Crippen LogP contribution < -0.4 is 5.32 Å². The third kappa shape index (κ3) is 4.55. The molecule has 96 valence electrons. The lowest BCUT2D eigenvalue weighted by atomic mass is 10.1. The number of alkyl halides is 3. The van der Waals surface area contributed by atoms with E-state index in [1.807, 2.05) is 0 Å². The minimum Gasteiger partial charge on any atom is -0.396 e. The van der Waals surface area contributed by atoms with Crippen molar-refractivity contribution in [3.05, 3.63) is 28.2 Å². The first kappa shape index (κ1) is 14.3. The Labute approximate surface area is 106 Å². The molecule has 0 aliphatic heterocycles. The second-order valence-electron chi connectivity index (χ2n) is 3.89. The third-order valence-corrected chi connectivity index (χ3v) is 2.65. The zero-order valence-corrected chi connectivity index (χ0v) is 10.8. The maximum Gasteiger partial charge on any atom is 0.416 e. The van der Waals surface area contributed by atoms with E-state index < -0.39 is 11.7 Å². The fraction of sp³-hybridized carbons (Fsp3) is 0.455. The van der Waals surface area contributed by atoms with Gasteiger partial charge in [-0.15, -0.1) is 0 Å². The molecule has 0 saturated carbocycles. The normalized spacial score (nSPS) is 13.5. The Balaban J connectivity index is 2.83. The van der Waals surface area contributed by atoms with Crippen molar-refractivity contribution in [3.63, 3.8) is 0 Å². The van der Waals surface area contributed by atoms with Crippen LogP contribution in [0.15, 0.2) is 22.7 Å². The number of anilines is 1. The van der Waals surface area contributed by atoms with Gasteiger partial charge in [0.15, 0.2) is 0 Å². The molecule has 1 aromatic carbocycles. The number of aliphatic hydroxyl groups is 1. The predicted molar refractivity (Wildman–Crippen MR) is 63.9 cm³/mol. The van der Waals surface area contributed by atoms with Gasteiger partial charge in [-0.3, -0.25) is 0 Å². The van der Waals surface area contributed by atoms with E-state index >= 15 is 0 Å². The predicted octanol–water partition coefficient (Wildman–Crippen LogP) is 3.51. The monoisotopic (exact) mass is 311 g/mol. The van der Waals surface area contributed by atoms with Crippen LogP contribution in [-0.4, -0.2) is 18.3 Å². The highest BCUT2D eigenvalue weighted by molar-refractivity contribution is 9.10. The summed E-state index contributed by atoms with van der Waals surface area (Å²) in [7, 11) is 0. The molecule has 2 nitrogen and oxygen atoms in total. The summed E-state index contributed by atoms with van der Waals surface area (Å²) in [6.45, 7) is 2.22. The van der Waals surface area contributed by atoms with Gasteiger partial charge in [0.25, 0.3) is 0 Å². The van der Waals surface area contributed by atoms with E-state index in [1.54, 1.807) is 13.0 Å². The lowest BCUT2D eigenvalue weighted by molar-refractivity contribution is -0.137. The summed E-state index contributed by atoms with van der Waals surface area (Å²) in [6.07, 6.45) is -4.36. The highest BCUT2D eigenvalue weighted by Crippen LogP contribution is 2.33. The standard InChI is InChI=1S/C11H13BrF3NO/c1-7(6-17)5-16-10-3-8(11(13,14)15)2-9(12)4-10/h2-4,7,16-17H,5-6H2,1H3. The molecule has 1 unspecified atom stereocenters. The molecule has 0 spiro atoms. The summed E-state index contributed by atoms with van der Waals surface area (Å²) in [5.41, 5.74) is -0.321. The van der Waals surface area contributed by atoms with E-state index in [0.29, 0.717) is 16.7 Å². The van der Waals surface area contributed by atoms with Crippen molar-refractivity contribution in [2.45, 2.75) is 13.1 Å². The Bertz CT molecular complexity index is 381. The topological polar surface area (TPSA) is 32.3 Å². The first-order valence-electron chi connectivity index (χ1n) is 5.05. The van der Waals surface area contributed by atoms with Gasteiger partial charge in [-0.25, -0.2) is 0 Å². The maximum atomic E-state index is 12.5. The van der Waals surface area contributed by atoms with Gasteiger partial charge in [-0.05, 0) is 24.1 Å². The molecule has 17 heavy (non-hydrogen) atoms. The van der Waals surface area contributed by atoms with Gasteiger partial charge in [0.1, 0.15) is 0 Å². The van der Waals surface area contributed by atoms with Crippen molar-refractivity contribution in [1.29, 1.82) is 0 Å². The zero-order chi connectivity index (χ0) is 13.1. The number of aliphatic hydroxyl groups excluding tert-OH is 1. The zero-order valence-electron chi connectivity index (χ0n) is 9.18. The summed E-state index contributed by atoms with van der Waals surface area (Å²) in [5, 5.41) is 11.7. The Morgan fingerprint density at radius 3 is 2.53 bits per heavy atom. The van der Waals surface area contributed by atoms with Gasteiger partial charge < -0.3 is 10.4 Å². The molecule has 0 aliphatic carbocycles. The molecule has 0 radical (unpaired) electrons. The number of halogens is 4. The Kier molecular flexibility index (Phi) is 4.82. The van der Waals surface area contributed by atoms with E-state index in [1.165, 1.54) is 0 Å². The summed E-state index contributed by atoms with van der Waals surface area (Å²) in [5.74, 6) is -0.0108. The van der Waals surface area contributed by atoms with Crippen molar-refractivity contribution in [2.24, 2.45) is 5.92 Å². The van der Waals surface area contributed by atoms with Crippen molar-refractivity contribution in [1.82, 2.24) is 0 Å². The van der Waals surface area contributed by atoms with Crippen LogP contribution in [0.1, 0.15) is 12.5 Å². The molecule has 0 aliphatic rings. The minimum absolute atomic E-state index is 0.00681. The smallest absolute Gasteiger partial charge is 0.396 e. The van der Waals surface area contributed by atoms with E-state index in [9.17, 15) is 13.2 Å². The lowest BCUT2D eigenvalue weighted by Gasteiger charge is -2.14. The molecule has 0 saturated heterocycles. The first-order valence-corrected chi connectivity index (χ1v) is 5.84. The van der Waals surface area contributed by atoms with Gasteiger partial charge in [0.2, 0.25) is 0 Å². The van der Waals surface area contributed by atoms with Crippen LogP contribution in [0, 0.1) is 5.92 Å². The molecule has 2 N–H and O–H groups in total. The average molecular weight is 312 g/mol. The van der Waals surface area contributed by atoms with Crippen LogP contribution in [0.5, 0.6) is 0 Å². The number of hydrogen-bond acceptors (Lipinski definition) is 2. The summed E-state index contributed by atoms with van der Waals surface area (Å²) < 4.78 is 37.9. The van der Waals surface area contributed by atoms with E-state index in [-0.39, 0.29) is 12.5 Å². The minimum atomic E-state index is -4.36. The van der Waals surface area contributed by atoms with E-state index in [0.717, 1.165) is 12.1 Å². The maximum absolute atomic E-state index is 12.5. The van der Waals surface area contributed by atoms with Crippen molar-refractivity contribution in [3.8, 4) is 0 Å². The molecule has 0 heterocycles. The van der Waals surface area contributed by atoms with Crippen molar-refractivity contribution in [2.75, 3.05) is 18.5 Å². The molecule has 0 fully saturated rings. The highest BCUT2D eigenvalue weighted by atomic mass is 79.9. The van der Waals surface area contributed by atoms with Gasteiger partial charge in [0, 0.05) is 23.3 Å². The molecule has 0 amide bonds. The third-order valence-electron chi connectivity index (χ3n) is 2.19. The fourth-order valence-electron chi connectivity index (χ4n) is 1.21.